The molecule has 0 aliphatic rings. The van der Waals surface area contributed by atoms with Gasteiger partial charge in [0.25, 0.3) is 0 Å². The van der Waals surface area contributed by atoms with Crippen LogP contribution in [0, 0.1) is 0 Å². The van der Waals surface area contributed by atoms with Gasteiger partial charge in [0.2, 0.25) is 0 Å². The van der Waals surface area contributed by atoms with Gasteiger partial charge < -0.3 is 10.8 Å². The van der Waals surface area contributed by atoms with E-state index in [1.54, 1.807) is 24.3 Å². The number of hydrogen-bond acceptors (Lipinski definition) is 2. The van der Waals surface area contributed by atoms with Gasteiger partial charge in [-0.1, -0.05) is 38.1 Å². The van der Waals surface area contributed by atoms with Crippen molar-refractivity contribution in [2.75, 3.05) is 6.54 Å². The van der Waals surface area contributed by atoms with Crippen LogP contribution in [0.25, 0.3) is 0 Å². The number of hydrogen-bond donors (Lipinski definition) is 2. The van der Waals surface area contributed by atoms with Gasteiger partial charge in [0, 0.05) is 12.5 Å². The first-order chi connectivity index (χ1) is 8.27. The van der Waals surface area contributed by atoms with Gasteiger partial charge in [0.1, 0.15) is 0 Å². The molecule has 0 aliphatic carbocycles. The van der Waals surface area contributed by atoms with Gasteiger partial charge in [0.15, 0.2) is 6.10 Å². The molecule has 2 atom stereocenters. The average molecular weight is 261 g/mol. The van der Waals surface area contributed by atoms with Crippen LogP contribution in [0.3, 0.4) is 0 Å². The van der Waals surface area contributed by atoms with Crippen LogP contribution in [0.15, 0.2) is 24.3 Å². The molecule has 0 fully saturated rings. The summed E-state index contributed by atoms with van der Waals surface area (Å²) >= 11 is 0. The molecule has 0 heterocycles. The minimum atomic E-state index is -4.65. The molecule has 5 heteroatoms. The molecule has 0 bridgehead atoms. The molecule has 1 rings (SSSR count). The molecule has 0 aliphatic heterocycles. The summed E-state index contributed by atoms with van der Waals surface area (Å²) in [5, 5.41) is 9.27. The van der Waals surface area contributed by atoms with Crippen LogP contribution in [0.5, 0.6) is 0 Å². The van der Waals surface area contributed by atoms with Crippen LogP contribution in [0.1, 0.15) is 36.8 Å². The van der Waals surface area contributed by atoms with Crippen molar-refractivity contribution in [3.63, 3.8) is 0 Å². The summed E-state index contributed by atoms with van der Waals surface area (Å²) in [6.45, 7) is 3.75. The van der Waals surface area contributed by atoms with Crippen molar-refractivity contribution in [1.29, 1.82) is 0 Å². The van der Waals surface area contributed by atoms with E-state index in [1.807, 2.05) is 13.8 Å². The van der Waals surface area contributed by atoms with Crippen molar-refractivity contribution >= 4 is 0 Å². The molecule has 0 amide bonds. The molecule has 3 N–H and O–H groups in total. The summed E-state index contributed by atoms with van der Waals surface area (Å²) in [6.07, 6.45) is -7.08. The molecular weight excluding hydrogens is 243 g/mol. The molecule has 2 nitrogen and oxygen atoms in total. The lowest BCUT2D eigenvalue weighted by atomic mass is 9.91. The van der Waals surface area contributed by atoms with E-state index in [1.165, 1.54) is 0 Å². The predicted octanol–water partition coefficient (Wildman–Crippen LogP) is 2.78. The molecule has 0 saturated heterocycles. The summed E-state index contributed by atoms with van der Waals surface area (Å²) in [5.41, 5.74) is 6.79. The fraction of sp³-hybridized carbons (Fsp3) is 0.538. The zero-order valence-electron chi connectivity index (χ0n) is 10.4. The van der Waals surface area contributed by atoms with E-state index in [4.69, 9.17) is 5.73 Å². The van der Waals surface area contributed by atoms with Gasteiger partial charge in [-0.2, -0.15) is 13.2 Å². The van der Waals surface area contributed by atoms with E-state index < -0.39 is 18.2 Å². The fourth-order valence-corrected chi connectivity index (χ4v) is 1.80. The highest BCUT2D eigenvalue weighted by Gasteiger charge is 2.43. The van der Waals surface area contributed by atoms with Gasteiger partial charge in [-0.15, -0.1) is 0 Å². The van der Waals surface area contributed by atoms with E-state index in [0.29, 0.717) is 11.5 Å². The maximum absolute atomic E-state index is 12.5. The molecule has 18 heavy (non-hydrogen) atoms. The van der Waals surface area contributed by atoms with Crippen molar-refractivity contribution in [3.8, 4) is 0 Å². The Morgan fingerprint density at radius 3 is 1.89 bits per heavy atom. The van der Waals surface area contributed by atoms with Gasteiger partial charge in [-0.3, -0.25) is 0 Å². The zero-order valence-corrected chi connectivity index (χ0v) is 10.4. The van der Waals surface area contributed by atoms with Crippen molar-refractivity contribution in [2.45, 2.75) is 38.0 Å². The molecule has 0 saturated carbocycles. The summed E-state index contributed by atoms with van der Waals surface area (Å²) in [7, 11) is 0. The molecule has 0 radical (unpaired) electrons. The minimum absolute atomic E-state index is 0.248. The van der Waals surface area contributed by atoms with Crippen LogP contribution < -0.4 is 5.73 Å². The summed E-state index contributed by atoms with van der Waals surface area (Å²) in [5.74, 6) is -0.811. The summed E-state index contributed by atoms with van der Waals surface area (Å²) in [4.78, 5) is 0. The number of alkyl halides is 3. The Balaban J connectivity index is 2.96. The number of benzene rings is 1. The first-order valence-corrected chi connectivity index (χ1v) is 5.82. The Bertz CT molecular complexity index is 373. The molecule has 1 aromatic carbocycles. The van der Waals surface area contributed by atoms with Gasteiger partial charge in [-0.25, -0.2) is 0 Å². The molecule has 0 spiro atoms. The van der Waals surface area contributed by atoms with Crippen molar-refractivity contribution < 1.29 is 18.3 Å². The van der Waals surface area contributed by atoms with Crippen molar-refractivity contribution in [3.05, 3.63) is 35.4 Å². The van der Waals surface area contributed by atoms with E-state index in [0.717, 1.165) is 5.56 Å². The SMILES string of the molecule is CC(C)c1ccc(C(CN)C(O)C(F)(F)F)cc1. The van der Waals surface area contributed by atoms with Gasteiger partial charge in [-0.05, 0) is 17.0 Å². The largest absolute Gasteiger partial charge is 0.414 e. The molecular formula is C13H18F3NO. The second-order valence-electron chi connectivity index (χ2n) is 4.65. The van der Waals surface area contributed by atoms with Crippen molar-refractivity contribution in [2.24, 2.45) is 5.73 Å². The first kappa shape index (κ1) is 15.0. The highest BCUT2D eigenvalue weighted by Crippen LogP contribution is 2.31. The number of aliphatic hydroxyl groups excluding tert-OH is 1. The topological polar surface area (TPSA) is 46.2 Å². The fourth-order valence-electron chi connectivity index (χ4n) is 1.80. The molecule has 102 valence electrons. The third-order valence-electron chi connectivity index (χ3n) is 3.00. The Hall–Kier alpha value is -1.07. The van der Waals surface area contributed by atoms with Crippen LogP contribution >= 0.6 is 0 Å². The smallest absolute Gasteiger partial charge is 0.383 e. The zero-order chi connectivity index (χ0) is 13.9. The second kappa shape index (κ2) is 5.71. The highest BCUT2D eigenvalue weighted by atomic mass is 19.4. The highest BCUT2D eigenvalue weighted by molar-refractivity contribution is 5.28. The lowest BCUT2D eigenvalue weighted by Gasteiger charge is -2.24. The van der Waals surface area contributed by atoms with Gasteiger partial charge >= 0.3 is 6.18 Å². The average Bonchev–Trinajstić information content (AvgIpc) is 2.29. The summed E-state index contributed by atoms with van der Waals surface area (Å²) < 4.78 is 37.4. The number of aliphatic hydroxyl groups is 1. The molecule has 0 aromatic heterocycles. The molecule has 1 aromatic rings. The van der Waals surface area contributed by atoms with E-state index in [2.05, 4.69) is 0 Å². The third kappa shape index (κ3) is 3.46. The van der Waals surface area contributed by atoms with Crippen LogP contribution in [0.2, 0.25) is 0 Å². The van der Waals surface area contributed by atoms with E-state index >= 15 is 0 Å². The first-order valence-electron chi connectivity index (χ1n) is 5.82. The maximum Gasteiger partial charge on any atom is 0.414 e. The van der Waals surface area contributed by atoms with Crippen LogP contribution in [-0.2, 0) is 0 Å². The van der Waals surface area contributed by atoms with Crippen LogP contribution in [-0.4, -0.2) is 23.9 Å². The molecule has 2 unspecified atom stereocenters. The summed E-state index contributed by atoms with van der Waals surface area (Å²) in [6, 6.07) is 6.74. The lowest BCUT2D eigenvalue weighted by molar-refractivity contribution is -0.209. The minimum Gasteiger partial charge on any atom is -0.383 e. The number of rotatable bonds is 4. The van der Waals surface area contributed by atoms with E-state index in [-0.39, 0.29) is 6.54 Å². The maximum atomic E-state index is 12.5. The Kier molecular flexibility index (Phi) is 4.76. The predicted molar refractivity (Wildman–Crippen MR) is 64.4 cm³/mol. The standard InChI is InChI=1S/C13H18F3NO/c1-8(2)9-3-5-10(6-4-9)11(7-17)12(18)13(14,15)16/h3-6,8,11-12,18H,7,17H2,1-2H3. The Morgan fingerprint density at radius 2 is 1.56 bits per heavy atom. The van der Waals surface area contributed by atoms with Gasteiger partial charge in [0.05, 0.1) is 0 Å². The van der Waals surface area contributed by atoms with Crippen LogP contribution in [0.4, 0.5) is 13.2 Å². The Morgan fingerprint density at radius 1 is 1.11 bits per heavy atom. The second-order valence-corrected chi connectivity index (χ2v) is 4.65. The Labute approximate surface area is 105 Å². The quantitative estimate of drug-likeness (QED) is 0.875. The third-order valence-corrected chi connectivity index (χ3v) is 3.00. The number of halogens is 3. The van der Waals surface area contributed by atoms with Crippen molar-refractivity contribution in [1.82, 2.24) is 0 Å². The lowest BCUT2D eigenvalue weighted by Crippen LogP contribution is -2.38. The monoisotopic (exact) mass is 261 g/mol. The number of nitrogens with two attached hydrogens (primary N) is 1. The normalized spacial score (nSPS) is 15.8. The van der Waals surface area contributed by atoms with E-state index in [9.17, 15) is 18.3 Å².